The van der Waals surface area contributed by atoms with Crippen LogP contribution >= 0.6 is 23.4 Å². The zero-order chi connectivity index (χ0) is 19.1. The summed E-state index contributed by atoms with van der Waals surface area (Å²) < 4.78 is 19.3. The SMILES string of the molecule is O=C(NCCSCc1c(F)cccc1Cl)C1(c2ccccc2)CCOCC1. The second-order valence-electron chi connectivity index (χ2n) is 6.57. The van der Waals surface area contributed by atoms with Gasteiger partial charge < -0.3 is 10.1 Å². The molecule has 0 aromatic heterocycles. The summed E-state index contributed by atoms with van der Waals surface area (Å²) in [6, 6.07) is 14.6. The summed E-state index contributed by atoms with van der Waals surface area (Å²) >= 11 is 7.60. The first kappa shape index (κ1) is 20.2. The van der Waals surface area contributed by atoms with Gasteiger partial charge in [0.05, 0.1) is 5.41 Å². The van der Waals surface area contributed by atoms with Crippen molar-refractivity contribution in [1.29, 1.82) is 0 Å². The van der Waals surface area contributed by atoms with Crippen LogP contribution in [0, 0.1) is 5.82 Å². The number of rotatable bonds is 7. The molecule has 1 fully saturated rings. The maximum absolute atomic E-state index is 13.8. The normalized spacial score (nSPS) is 16.1. The quantitative estimate of drug-likeness (QED) is 0.683. The summed E-state index contributed by atoms with van der Waals surface area (Å²) in [6.45, 7) is 1.71. The van der Waals surface area contributed by atoms with E-state index in [0.29, 0.717) is 54.7 Å². The Morgan fingerprint density at radius 1 is 1.15 bits per heavy atom. The molecule has 0 saturated carbocycles. The summed E-state index contributed by atoms with van der Waals surface area (Å²) in [5.74, 6) is 0.933. The van der Waals surface area contributed by atoms with Crippen molar-refractivity contribution in [3.8, 4) is 0 Å². The second kappa shape index (κ2) is 9.58. The van der Waals surface area contributed by atoms with Gasteiger partial charge in [0.1, 0.15) is 5.82 Å². The van der Waals surface area contributed by atoms with E-state index in [4.69, 9.17) is 16.3 Å². The van der Waals surface area contributed by atoms with Crippen molar-refractivity contribution in [2.75, 3.05) is 25.5 Å². The highest BCUT2D eigenvalue weighted by Gasteiger charge is 2.41. The summed E-state index contributed by atoms with van der Waals surface area (Å²) in [5, 5.41) is 3.51. The van der Waals surface area contributed by atoms with Gasteiger partial charge in [-0.1, -0.05) is 48.0 Å². The zero-order valence-electron chi connectivity index (χ0n) is 15.0. The monoisotopic (exact) mass is 407 g/mol. The van der Waals surface area contributed by atoms with Gasteiger partial charge in [-0.25, -0.2) is 4.39 Å². The van der Waals surface area contributed by atoms with Gasteiger partial charge in [-0.3, -0.25) is 4.79 Å². The molecule has 1 heterocycles. The molecule has 1 N–H and O–H groups in total. The van der Waals surface area contributed by atoms with E-state index >= 15 is 0 Å². The summed E-state index contributed by atoms with van der Waals surface area (Å²) in [5.41, 5.74) is 1.02. The lowest BCUT2D eigenvalue weighted by molar-refractivity contribution is -0.130. The molecule has 1 aliphatic heterocycles. The zero-order valence-corrected chi connectivity index (χ0v) is 16.6. The van der Waals surface area contributed by atoms with E-state index in [1.165, 1.54) is 6.07 Å². The van der Waals surface area contributed by atoms with Crippen molar-refractivity contribution < 1.29 is 13.9 Å². The summed E-state index contributed by atoms with van der Waals surface area (Å²) in [6.07, 6.45) is 1.36. The minimum absolute atomic E-state index is 0.0431. The molecule has 0 bridgehead atoms. The summed E-state index contributed by atoms with van der Waals surface area (Å²) in [7, 11) is 0. The van der Waals surface area contributed by atoms with Gasteiger partial charge in [0.2, 0.25) is 5.91 Å². The molecular formula is C21H23ClFNO2S. The topological polar surface area (TPSA) is 38.3 Å². The molecule has 0 atom stereocenters. The molecule has 0 aliphatic carbocycles. The highest BCUT2D eigenvalue weighted by atomic mass is 35.5. The molecule has 3 nitrogen and oxygen atoms in total. The van der Waals surface area contributed by atoms with Crippen LogP contribution in [0.2, 0.25) is 5.02 Å². The highest BCUT2D eigenvalue weighted by Crippen LogP contribution is 2.35. The third-order valence-corrected chi connectivity index (χ3v) is 6.29. The number of halogens is 2. The van der Waals surface area contributed by atoms with Crippen LogP contribution in [-0.2, 0) is 20.7 Å². The lowest BCUT2D eigenvalue weighted by Gasteiger charge is -2.36. The van der Waals surface area contributed by atoms with Crippen LogP contribution in [0.25, 0.3) is 0 Å². The first-order valence-electron chi connectivity index (χ1n) is 9.06. The fourth-order valence-corrected chi connectivity index (χ4v) is 4.57. The van der Waals surface area contributed by atoms with Crippen LogP contribution < -0.4 is 5.32 Å². The lowest BCUT2D eigenvalue weighted by Crippen LogP contribution is -2.48. The minimum atomic E-state index is -0.529. The Labute approximate surface area is 168 Å². The van der Waals surface area contributed by atoms with Crippen molar-refractivity contribution in [1.82, 2.24) is 5.32 Å². The number of benzene rings is 2. The molecule has 0 radical (unpaired) electrons. The molecule has 1 amide bonds. The number of ether oxygens (including phenoxy) is 1. The Morgan fingerprint density at radius 2 is 1.89 bits per heavy atom. The molecule has 144 valence electrons. The van der Waals surface area contributed by atoms with E-state index in [1.54, 1.807) is 23.9 Å². The predicted octanol–water partition coefficient (Wildman–Crippen LogP) is 4.58. The Kier molecular flexibility index (Phi) is 7.16. The smallest absolute Gasteiger partial charge is 0.230 e. The average Bonchev–Trinajstić information content (AvgIpc) is 2.70. The van der Waals surface area contributed by atoms with Gasteiger partial charge in [0, 0.05) is 41.9 Å². The van der Waals surface area contributed by atoms with Crippen LogP contribution in [0.15, 0.2) is 48.5 Å². The molecule has 0 unspecified atom stereocenters. The van der Waals surface area contributed by atoms with E-state index < -0.39 is 5.41 Å². The van der Waals surface area contributed by atoms with Gasteiger partial charge in [0.15, 0.2) is 0 Å². The molecule has 1 saturated heterocycles. The van der Waals surface area contributed by atoms with Gasteiger partial charge >= 0.3 is 0 Å². The van der Waals surface area contributed by atoms with E-state index in [9.17, 15) is 9.18 Å². The molecule has 2 aromatic rings. The standard InChI is InChI=1S/C21H23ClFNO2S/c22-18-7-4-8-19(23)17(18)15-27-14-11-24-20(25)21(9-12-26-13-10-21)16-5-2-1-3-6-16/h1-8H,9-15H2,(H,24,25). The fraction of sp³-hybridized carbons (Fsp3) is 0.381. The molecule has 3 rings (SSSR count). The van der Waals surface area contributed by atoms with Crippen molar-refractivity contribution in [3.05, 3.63) is 70.5 Å². The van der Waals surface area contributed by atoms with Crippen LogP contribution in [0.1, 0.15) is 24.0 Å². The van der Waals surface area contributed by atoms with E-state index in [0.717, 1.165) is 5.56 Å². The van der Waals surface area contributed by atoms with Gasteiger partial charge in [-0.2, -0.15) is 11.8 Å². The van der Waals surface area contributed by atoms with Crippen molar-refractivity contribution in [3.63, 3.8) is 0 Å². The second-order valence-corrected chi connectivity index (χ2v) is 8.08. The first-order valence-corrected chi connectivity index (χ1v) is 10.6. The number of thioether (sulfide) groups is 1. The predicted molar refractivity (Wildman–Crippen MR) is 109 cm³/mol. The Hall–Kier alpha value is -1.56. The maximum Gasteiger partial charge on any atom is 0.230 e. The van der Waals surface area contributed by atoms with Gasteiger partial charge in [-0.05, 0) is 30.5 Å². The van der Waals surface area contributed by atoms with Crippen molar-refractivity contribution in [2.24, 2.45) is 0 Å². The maximum atomic E-state index is 13.8. The molecule has 6 heteroatoms. The van der Waals surface area contributed by atoms with Crippen LogP contribution in [0.3, 0.4) is 0 Å². The van der Waals surface area contributed by atoms with E-state index in [1.807, 2.05) is 30.3 Å². The lowest BCUT2D eigenvalue weighted by atomic mass is 9.73. The summed E-state index contributed by atoms with van der Waals surface area (Å²) in [4.78, 5) is 13.0. The number of hydrogen-bond acceptors (Lipinski definition) is 3. The number of amides is 1. The fourth-order valence-electron chi connectivity index (χ4n) is 3.37. The molecule has 2 aromatic carbocycles. The number of hydrogen-bond donors (Lipinski definition) is 1. The average molecular weight is 408 g/mol. The van der Waals surface area contributed by atoms with Crippen molar-refractivity contribution >= 4 is 29.3 Å². The molecule has 27 heavy (non-hydrogen) atoms. The van der Waals surface area contributed by atoms with E-state index in [2.05, 4.69) is 5.32 Å². The first-order chi connectivity index (χ1) is 13.1. The van der Waals surface area contributed by atoms with Crippen LogP contribution in [-0.4, -0.2) is 31.4 Å². The van der Waals surface area contributed by atoms with E-state index in [-0.39, 0.29) is 11.7 Å². The number of nitrogens with one attached hydrogen (secondary N) is 1. The minimum Gasteiger partial charge on any atom is -0.381 e. The van der Waals surface area contributed by atoms with Gasteiger partial charge in [0.25, 0.3) is 0 Å². The number of carbonyl (C=O) groups is 1. The molecular weight excluding hydrogens is 385 g/mol. The molecule has 0 spiro atoms. The Balaban J connectivity index is 1.54. The Morgan fingerprint density at radius 3 is 2.59 bits per heavy atom. The third kappa shape index (κ3) is 4.84. The number of carbonyl (C=O) groups excluding carboxylic acids is 1. The van der Waals surface area contributed by atoms with Crippen LogP contribution in [0.5, 0.6) is 0 Å². The van der Waals surface area contributed by atoms with Crippen molar-refractivity contribution in [2.45, 2.75) is 24.0 Å². The Bertz CT molecular complexity index is 746. The third-order valence-electron chi connectivity index (χ3n) is 4.95. The molecule has 1 aliphatic rings. The van der Waals surface area contributed by atoms with Crippen LogP contribution in [0.4, 0.5) is 4.39 Å². The largest absolute Gasteiger partial charge is 0.381 e. The van der Waals surface area contributed by atoms with Gasteiger partial charge in [-0.15, -0.1) is 0 Å². The highest BCUT2D eigenvalue weighted by molar-refractivity contribution is 7.98.